The standard InChI is InChI=1S/C18H24ClFN2O4S/c19-13-6-7-16(20)17(9-13)27(25,26)22-8-2-3-12(11-22)18(24)21-14-4-1-5-15(23)10-14/h6-7,9,12,14-15,23H,1-5,8,10-11H2,(H,21,24). The number of sulfonamides is 1. The number of hydrogen-bond acceptors (Lipinski definition) is 4. The summed E-state index contributed by atoms with van der Waals surface area (Å²) in [7, 11) is -4.07. The molecule has 0 aromatic heterocycles. The molecular formula is C18H24ClFN2O4S. The second kappa shape index (κ2) is 8.43. The Bertz CT molecular complexity index is 805. The maximum absolute atomic E-state index is 14.1. The number of nitrogens with zero attached hydrogens (tertiary/aromatic N) is 1. The van der Waals surface area contributed by atoms with Gasteiger partial charge in [-0.15, -0.1) is 0 Å². The molecule has 0 bridgehead atoms. The summed E-state index contributed by atoms with van der Waals surface area (Å²) in [4.78, 5) is 12.1. The number of aliphatic hydroxyl groups is 1. The second-order valence-electron chi connectivity index (χ2n) is 7.30. The molecule has 1 saturated carbocycles. The fourth-order valence-electron chi connectivity index (χ4n) is 3.80. The molecule has 9 heteroatoms. The van der Waals surface area contributed by atoms with E-state index in [-0.39, 0.29) is 30.1 Å². The number of hydrogen-bond donors (Lipinski definition) is 2. The number of piperidine rings is 1. The Morgan fingerprint density at radius 2 is 2.04 bits per heavy atom. The summed E-state index contributed by atoms with van der Waals surface area (Å²) in [5, 5.41) is 12.8. The van der Waals surface area contributed by atoms with Crippen molar-refractivity contribution in [3.05, 3.63) is 29.0 Å². The number of rotatable bonds is 4. The number of benzene rings is 1. The topological polar surface area (TPSA) is 86.7 Å². The summed E-state index contributed by atoms with van der Waals surface area (Å²) < 4.78 is 40.9. The summed E-state index contributed by atoms with van der Waals surface area (Å²) in [6.45, 7) is 0.246. The second-order valence-corrected chi connectivity index (χ2v) is 9.65. The van der Waals surface area contributed by atoms with Crippen LogP contribution in [-0.2, 0) is 14.8 Å². The van der Waals surface area contributed by atoms with E-state index in [9.17, 15) is 22.7 Å². The monoisotopic (exact) mass is 418 g/mol. The lowest BCUT2D eigenvalue weighted by molar-refractivity contribution is -0.127. The molecule has 2 N–H and O–H groups in total. The molecule has 27 heavy (non-hydrogen) atoms. The SMILES string of the molecule is O=C(NC1CCCC(O)C1)C1CCCN(S(=O)(=O)c2cc(Cl)ccc2F)C1. The molecule has 1 heterocycles. The molecule has 1 aliphatic heterocycles. The van der Waals surface area contributed by atoms with Gasteiger partial charge in [-0.3, -0.25) is 4.79 Å². The van der Waals surface area contributed by atoms with Crippen molar-refractivity contribution >= 4 is 27.5 Å². The zero-order valence-corrected chi connectivity index (χ0v) is 16.5. The van der Waals surface area contributed by atoms with Gasteiger partial charge in [-0.2, -0.15) is 4.31 Å². The van der Waals surface area contributed by atoms with Gasteiger partial charge >= 0.3 is 0 Å². The lowest BCUT2D eigenvalue weighted by Crippen LogP contribution is -2.48. The summed E-state index contributed by atoms with van der Waals surface area (Å²) in [6, 6.07) is 3.33. The highest BCUT2D eigenvalue weighted by Gasteiger charge is 2.35. The van der Waals surface area contributed by atoms with Crippen molar-refractivity contribution in [2.24, 2.45) is 5.92 Å². The first kappa shape index (κ1) is 20.5. The van der Waals surface area contributed by atoms with Crippen LogP contribution in [0.25, 0.3) is 0 Å². The van der Waals surface area contributed by atoms with Crippen LogP contribution in [0.2, 0.25) is 5.02 Å². The minimum atomic E-state index is -4.07. The normalized spacial score (nSPS) is 27.3. The van der Waals surface area contributed by atoms with E-state index in [4.69, 9.17) is 11.6 Å². The highest BCUT2D eigenvalue weighted by Crippen LogP contribution is 2.28. The van der Waals surface area contributed by atoms with Crippen LogP contribution in [0.15, 0.2) is 23.1 Å². The Kier molecular flexibility index (Phi) is 6.40. The molecule has 6 nitrogen and oxygen atoms in total. The Morgan fingerprint density at radius 3 is 2.78 bits per heavy atom. The summed E-state index contributed by atoms with van der Waals surface area (Å²) in [5.41, 5.74) is 0. The van der Waals surface area contributed by atoms with Gasteiger partial charge in [0.05, 0.1) is 12.0 Å². The van der Waals surface area contributed by atoms with E-state index in [0.29, 0.717) is 19.3 Å². The molecule has 3 atom stereocenters. The Morgan fingerprint density at radius 1 is 1.26 bits per heavy atom. The fourth-order valence-corrected chi connectivity index (χ4v) is 5.65. The molecule has 1 aliphatic carbocycles. The highest BCUT2D eigenvalue weighted by atomic mass is 35.5. The zero-order chi connectivity index (χ0) is 19.6. The van der Waals surface area contributed by atoms with E-state index < -0.39 is 32.8 Å². The van der Waals surface area contributed by atoms with Crippen LogP contribution in [0.5, 0.6) is 0 Å². The summed E-state index contributed by atoms with van der Waals surface area (Å²) >= 11 is 5.83. The first-order valence-electron chi connectivity index (χ1n) is 9.21. The number of amides is 1. The zero-order valence-electron chi connectivity index (χ0n) is 14.9. The number of nitrogens with one attached hydrogen (secondary N) is 1. The Hall–Kier alpha value is -1.22. The van der Waals surface area contributed by atoms with Gasteiger partial charge in [0, 0.05) is 24.2 Å². The quantitative estimate of drug-likeness (QED) is 0.785. The molecule has 2 fully saturated rings. The minimum Gasteiger partial charge on any atom is -0.393 e. The van der Waals surface area contributed by atoms with E-state index in [2.05, 4.69) is 5.32 Å². The average molecular weight is 419 g/mol. The van der Waals surface area contributed by atoms with Gasteiger partial charge in [0.15, 0.2) is 0 Å². The molecule has 1 saturated heterocycles. The number of carbonyl (C=O) groups is 1. The lowest BCUT2D eigenvalue weighted by atomic mass is 9.91. The van der Waals surface area contributed by atoms with Crippen molar-refractivity contribution in [1.82, 2.24) is 9.62 Å². The summed E-state index contributed by atoms with van der Waals surface area (Å²) in [5.74, 6) is -1.56. The van der Waals surface area contributed by atoms with Crippen molar-refractivity contribution in [3.63, 3.8) is 0 Å². The van der Waals surface area contributed by atoms with Crippen molar-refractivity contribution in [1.29, 1.82) is 0 Å². The van der Waals surface area contributed by atoms with Crippen LogP contribution in [-0.4, -0.2) is 49.0 Å². The largest absolute Gasteiger partial charge is 0.393 e. The smallest absolute Gasteiger partial charge is 0.246 e. The Balaban J connectivity index is 1.69. The molecule has 1 amide bonds. The average Bonchev–Trinajstić information content (AvgIpc) is 2.63. The third-order valence-corrected chi connectivity index (χ3v) is 7.37. The molecule has 1 aromatic carbocycles. The van der Waals surface area contributed by atoms with Gasteiger partial charge in [-0.1, -0.05) is 11.6 Å². The van der Waals surface area contributed by atoms with E-state index in [0.717, 1.165) is 35.7 Å². The van der Waals surface area contributed by atoms with E-state index in [1.54, 1.807) is 0 Å². The molecule has 150 valence electrons. The van der Waals surface area contributed by atoms with Crippen molar-refractivity contribution in [2.75, 3.05) is 13.1 Å². The number of halogens is 2. The number of carbonyl (C=O) groups excluding carboxylic acids is 1. The maximum atomic E-state index is 14.1. The molecule has 3 unspecified atom stereocenters. The van der Waals surface area contributed by atoms with Gasteiger partial charge in [0.2, 0.25) is 15.9 Å². The number of aliphatic hydroxyl groups excluding tert-OH is 1. The lowest BCUT2D eigenvalue weighted by Gasteiger charge is -2.33. The van der Waals surface area contributed by atoms with E-state index in [1.807, 2.05) is 0 Å². The van der Waals surface area contributed by atoms with Gasteiger partial charge in [-0.25, -0.2) is 12.8 Å². The van der Waals surface area contributed by atoms with E-state index in [1.165, 1.54) is 6.07 Å². The Labute approximate surface area is 163 Å². The fraction of sp³-hybridized carbons (Fsp3) is 0.611. The predicted molar refractivity (Wildman–Crippen MR) is 99.3 cm³/mol. The van der Waals surface area contributed by atoms with Crippen molar-refractivity contribution < 1.29 is 22.7 Å². The van der Waals surface area contributed by atoms with Crippen LogP contribution in [0.4, 0.5) is 4.39 Å². The summed E-state index contributed by atoms with van der Waals surface area (Å²) in [6.07, 6.45) is 3.62. The highest BCUT2D eigenvalue weighted by molar-refractivity contribution is 7.89. The first-order chi connectivity index (χ1) is 12.8. The maximum Gasteiger partial charge on any atom is 0.246 e. The third kappa shape index (κ3) is 4.80. The van der Waals surface area contributed by atoms with Gasteiger partial charge < -0.3 is 10.4 Å². The van der Waals surface area contributed by atoms with Gasteiger partial charge in [0.25, 0.3) is 0 Å². The molecular weight excluding hydrogens is 395 g/mol. The molecule has 0 spiro atoms. The molecule has 2 aliphatic rings. The van der Waals surface area contributed by atoms with Crippen LogP contribution < -0.4 is 5.32 Å². The van der Waals surface area contributed by atoms with Gasteiger partial charge in [0.1, 0.15) is 10.7 Å². The van der Waals surface area contributed by atoms with Crippen LogP contribution in [0.3, 0.4) is 0 Å². The van der Waals surface area contributed by atoms with Crippen LogP contribution in [0, 0.1) is 11.7 Å². The van der Waals surface area contributed by atoms with Crippen molar-refractivity contribution in [2.45, 2.75) is 55.6 Å². The molecule has 1 aromatic rings. The van der Waals surface area contributed by atoms with Gasteiger partial charge in [-0.05, 0) is 56.7 Å². The minimum absolute atomic E-state index is 0.00932. The van der Waals surface area contributed by atoms with E-state index >= 15 is 0 Å². The van der Waals surface area contributed by atoms with Crippen LogP contribution >= 0.6 is 11.6 Å². The predicted octanol–water partition coefficient (Wildman–Crippen LogP) is 2.30. The van der Waals surface area contributed by atoms with Crippen LogP contribution in [0.1, 0.15) is 38.5 Å². The first-order valence-corrected chi connectivity index (χ1v) is 11.0. The van der Waals surface area contributed by atoms with Crippen molar-refractivity contribution in [3.8, 4) is 0 Å². The third-order valence-electron chi connectivity index (χ3n) is 5.26. The molecule has 0 radical (unpaired) electrons. The molecule has 3 rings (SSSR count).